The van der Waals surface area contributed by atoms with Crippen LogP contribution in [0.5, 0.6) is 5.75 Å². The van der Waals surface area contributed by atoms with Gasteiger partial charge in [-0.2, -0.15) is 0 Å². The van der Waals surface area contributed by atoms with E-state index in [1.165, 1.54) is 19.3 Å². The van der Waals surface area contributed by atoms with Crippen molar-refractivity contribution < 1.29 is 9.53 Å². The molecule has 0 aromatic heterocycles. The number of methoxy groups -OCH3 is 1. The minimum Gasteiger partial charge on any atom is -0.496 e. The Morgan fingerprint density at radius 2 is 1.95 bits per heavy atom. The molecule has 0 saturated heterocycles. The SMILES string of the molecule is COc1cccc(N)c1C(=O)NCCCCCCC(C)C. The number of rotatable bonds is 9. The third kappa shape index (κ3) is 6.06. The Balaban J connectivity index is 2.32. The molecule has 1 aromatic rings. The summed E-state index contributed by atoms with van der Waals surface area (Å²) in [4.78, 5) is 12.2. The summed E-state index contributed by atoms with van der Waals surface area (Å²) in [6.45, 7) is 5.17. The predicted molar refractivity (Wildman–Crippen MR) is 87.7 cm³/mol. The Hall–Kier alpha value is -1.71. The Bertz CT molecular complexity index is 444. The number of carbonyl (C=O) groups excluding carboxylic acids is 1. The first-order valence-electron chi connectivity index (χ1n) is 7.77. The van der Waals surface area contributed by atoms with Crippen LogP contribution in [-0.2, 0) is 0 Å². The Morgan fingerprint density at radius 1 is 1.24 bits per heavy atom. The highest BCUT2D eigenvalue weighted by Gasteiger charge is 2.14. The summed E-state index contributed by atoms with van der Waals surface area (Å²) in [7, 11) is 1.54. The normalized spacial score (nSPS) is 10.7. The van der Waals surface area contributed by atoms with Crippen molar-refractivity contribution in [2.24, 2.45) is 5.92 Å². The molecule has 3 N–H and O–H groups in total. The second-order valence-corrected chi connectivity index (χ2v) is 5.78. The topological polar surface area (TPSA) is 64.3 Å². The molecule has 0 aliphatic heterocycles. The molecule has 0 spiro atoms. The van der Waals surface area contributed by atoms with Crippen LogP contribution in [0.2, 0.25) is 0 Å². The minimum atomic E-state index is -0.160. The molecule has 4 heteroatoms. The molecule has 0 fully saturated rings. The van der Waals surface area contributed by atoms with Gasteiger partial charge in [-0.25, -0.2) is 0 Å². The highest BCUT2D eigenvalue weighted by molar-refractivity contribution is 6.01. The summed E-state index contributed by atoms with van der Waals surface area (Å²) < 4.78 is 5.19. The van der Waals surface area contributed by atoms with Gasteiger partial charge in [-0.05, 0) is 24.5 Å². The smallest absolute Gasteiger partial charge is 0.257 e. The third-order valence-electron chi connectivity index (χ3n) is 3.50. The summed E-state index contributed by atoms with van der Waals surface area (Å²) >= 11 is 0. The van der Waals surface area contributed by atoms with Gasteiger partial charge in [0, 0.05) is 12.2 Å². The molecule has 118 valence electrons. The van der Waals surface area contributed by atoms with E-state index in [9.17, 15) is 4.79 Å². The van der Waals surface area contributed by atoms with Gasteiger partial charge in [-0.1, -0.05) is 45.6 Å². The number of benzene rings is 1. The van der Waals surface area contributed by atoms with E-state index in [2.05, 4.69) is 19.2 Å². The zero-order valence-electron chi connectivity index (χ0n) is 13.4. The number of nitrogens with two attached hydrogens (primary N) is 1. The van der Waals surface area contributed by atoms with E-state index in [0.717, 1.165) is 18.8 Å². The van der Waals surface area contributed by atoms with Crippen molar-refractivity contribution in [2.45, 2.75) is 46.0 Å². The molecule has 0 unspecified atom stereocenters. The molecule has 21 heavy (non-hydrogen) atoms. The van der Waals surface area contributed by atoms with Crippen LogP contribution in [0.15, 0.2) is 18.2 Å². The number of unbranched alkanes of at least 4 members (excludes halogenated alkanes) is 3. The zero-order chi connectivity index (χ0) is 15.7. The van der Waals surface area contributed by atoms with Gasteiger partial charge in [0.05, 0.1) is 7.11 Å². The molecular formula is C17H28N2O2. The van der Waals surface area contributed by atoms with Crippen molar-refractivity contribution in [3.8, 4) is 5.75 Å². The molecule has 0 radical (unpaired) electrons. The number of nitrogen functional groups attached to an aromatic ring is 1. The first-order valence-corrected chi connectivity index (χ1v) is 7.77. The summed E-state index contributed by atoms with van der Waals surface area (Å²) in [6, 6.07) is 5.24. The molecule has 0 atom stereocenters. The lowest BCUT2D eigenvalue weighted by Crippen LogP contribution is -2.25. The number of amides is 1. The second-order valence-electron chi connectivity index (χ2n) is 5.78. The molecule has 1 rings (SSSR count). The highest BCUT2D eigenvalue weighted by Crippen LogP contribution is 2.23. The van der Waals surface area contributed by atoms with Crippen molar-refractivity contribution in [3.05, 3.63) is 23.8 Å². The van der Waals surface area contributed by atoms with Crippen molar-refractivity contribution >= 4 is 11.6 Å². The van der Waals surface area contributed by atoms with E-state index in [-0.39, 0.29) is 5.91 Å². The van der Waals surface area contributed by atoms with Gasteiger partial charge in [0.15, 0.2) is 0 Å². The second kappa shape index (κ2) is 9.27. The van der Waals surface area contributed by atoms with E-state index in [4.69, 9.17) is 10.5 Å². The lowest BCUT2D eigenvalue weighted by molar-refractivity contribution is 0.0951. The predicted octanol–water partition coefficient (Wildman–Crippen LogP) is 3.61. The van der Waals surface area contributed by atoms with E-state index < -0.39 is 0 Å². The molecule has 0 aliphatic carbocycles. The standard InChI is InChI=1S/C17H28N2O2/c1-13(2)9-6-4-5-7-12-19-17(20)16-14(18)10-8-11-15(16)21-3/h8,10-11,13H,4-7,9,12,18H2,1-3H3,(H,19,20). The maximum Gasteiger partial charge on any atom is 0.257 e. The summed E-state index contributed by atoms with van der Waals surface area (Å²) in [5, 5.41) is 2.92. The Kier molecular flexibility index (Phi) is 7.65. The molecule has 1 aromatic carbocycles. The van der Waals surface area contributed by atoms with E-state index in [1.807, 2.05) is 0 Å². The average Bonchev–Trinajstić information content (AvgIpc) is 2.45. The van der Waals surface area contributed by atoms with E-state index >= 15 is 0 Å². The minimum absolute atomic E-state index is 0.160. The van der Waals surface area contributed by atoms with Crippen LogP contribution in [0.1, 0.15) is 56.3 Å². The number of hydrogen-bond acceptors (Lipinski definition) is 3. The maximum absolute atomic E-state index is 12.2. The van der Waals surface area contributed by atoms with Crippen LogP contribution in [0.25, 0.3) is 0 Å². The summed E-state index contributed by atoms with van der Waals surface area (Å²) in [5.74, 6) is 1.13. The maximum atomic E-state index is 12.2. The number of nitrogens with one attached hydrogen (secondary N) is 1. The van der Waals surface area contributed by atoms with Crippen LogP contribution in [0, 0.1) is 5.92 Å². The lowest BCUT2D eigenvalue weighted by Gasteiger charge is -2.11. The molecule has 1 amide bonds. The molecule has 0 saturated carbocycles. The van der Waals surface area contributed by atoms with E-state index in [1.54, 1.807) is 25.3 Å². The van der Waals surface area contributed by atoms with Gasteiger partial charge in [-0.3, -0.25) is 4.79 Å². The summed E-state index contributed by atoms with van der Waals surface area (Å²) in [6.07, 6.45) is 5.92. The average molecular weight is 292 g/mol. The third-order valence-corrected chi connectivity index (χ3v) is 3.50. The molecular weight excluding hydrogens is 264 g/mol. The molecule has 0 heterocycles. The van der Waals surface area contributed by atoms with Gasteiger partial charge < -0.3 is 15.8 Å². The molecule has 4 nitrogen and oxygen atoms in total. The van der Waals surface area contributed by atoms with Crippen molar-refractivity contribution in [1.82, 2.24) is 5.32 Å². The Labute approximate surface area is 128 Å². The van der Waals surface area contributed by atoms with Crippen molar-refractivity contribution in [3.63, 3.8) is 0 Å². The fourth-order valence-corrected chi connectivity index (χ4v) is 2.28. The fraction of sp³-hybridized carbons (Fsp3) is 0.588. The fourth-order valence-electron chi connectivity index (χ4n) is 2.28. The van der Waals surface area contributed by atoms with Gasteiger partial charge >= 0.3 is 0 Å². The first kappa shape index (κ1) is 17.3. The lowest BCUT2D eigenvalue weighted by atomic mass is 10.0. The van der Waals surface area contributed by atoms with Gasteiger partial charge in [0.2, 0.25) is 0 Å². The zero-order valence-corrected chi connectivity index (χ0v) is 13.4. The largest absolute Gasteiger partial charge is 0.496 e. The highest BCUT2D eigenvalue weighted by atomic mass is 16.5. The van der Waals surface area contributed by atoms with Crippen molar-refractivity contribution in [1.29, 1.82) is 0 Å². The number of carbonyl (C=O) groups is 1. The molecule has 0 bridgehead atoms. The van der Waals surface area contributed by atoms with Gasteiger partial charge in [0.1, 0.15) is 11.3 Å². The van der Waals surface area contributed by atoms with Crippen LogP contribution in [0.3, 0.4) is 0 Å². The summed E-state index contributed by atoms with van der Waals surface area (Å²) in [5.41, 5.74) is 6.73. The number of anilines is 1. The first-order chi connectivity index (χ1) is 10.1. The quantitative estimate of drug-likeness (QED) is 0.540. The Morgan fingerprint density at radius 3 is 2.62 bits per heavy atom. The van der Waals surface area contributed by atoms with Crippen LogP contribution < -0.4 is 15.8 Å². The van der Waals surface area contributed by atoms with E-state index in [0.29, 0.717) is 23.5 Å². The van der Waals surface area contributed by atoms with Crippen LogP contribution in [-0.4, -0.2) is 19.6 Å². The number of hydrogen-bond donors (Lipinski definition) is 2. The van der Waals surface area contributed by atoms with Crippen LogP contribution in [0.4, 0.5) is 5.69 Å². The van der Waals surface area contributed by atoms with Gasteiger partial charge in [-0.15, -0.1) is 0 Å². The van der Waals surface area contributed by atoms with Gasteiger partial charge in [0.25, 0.3) is 5.91 Å². The van der Waals surface area contributed by atoms with Crippen molar-refractivity contribution in [2.75, 3.05) is 19.4 Å². The molecule has 0 aliphatic rings. The number of ether oxygens (including phenoxy) is 1. The monoisotopic (exact) mass is 292 g/mol. The van der Waals surface area contributed by atoms with Crippen LogP contribution >= 0.6 is 0 Å².